The molecule has 0 saturated carbocycles. The van der Waals surface area contributed by atoms with Gasteiger partial charge in [0.1, 0.15) is 16.8 Å². The average Bonchev–Trinajstić information content (AvgIpc) is 3.16. The molecule has 0 bridgehead atoms. The molecule has 10 heteroatoms. The number of rotatable bonds is 5. The Hall–Kier alpha value is -3.11. The summed E-state index contributed by atoms with van der Waals surface area (Å²) in [5.41, 5.74) is 8.80. The van der Waals surface area contributed by atoms with Gasteiger partial charge in [0.2, 0.25) is 0 Å². The van der Waals surface area contributed by atoms with Gasteiger partial charge >= 0.3 is 0 Å². The van der Waals surface area contributed by atoms with Crippen LogP contribution in [0.15, 0.2) is 70.0 Å². The van der Waals surface area contributed by atoms with E-state index in [-0.39, 0.29) is 4.90 Å². The molecule has 0 spiro atoms. The van der Waals surface area contributed by atoms with E-state index in [1.807, 2.05) is 0 Å². The number of aromatic nitrogens is 3. The van der Waals surface area contributed by atoms with Gasteiger partial charge in [-0.15, -0.1) is 10.2 Å². The summed E-state index contributed by atoms with van der Waals surface area (Å²) in [6.07, 6.45) is 0. The number of methoxy groups -OCH3 is 1. The molecule has 0 saturated heterocycles. The number of sulfonamides is 1. The predicted octanol–water partition coefficient (Wildman–Crippen LogP) is 3.57. The largest absolute Gasteiger partial charge is 0.497 e. The molecule has 0 amide bonds. The first-order valence-corrected chi connectivity index (χ1v) is 10.7. The lowest BCUT2D eigenvalue weighted by atomic mass is 10.3. The van der Waals surface area contributed by atoms with Crippen LogP contribution in [0.25, 0.3) is 16.7 Å². The molecule has 0 radical (unpaired) electrons. The van der Waals surface area contributed by atoms with Crippen molar-refractivity contribution < 1.29 is 13.2 Å². The Morgan fingerprint density at radius 1 is 1.00 bits per heavy atom. The molecule has 8 nitrogen and oxygen atoms in total. The molecule has 3 N–H and O–H groups in total. The van der Waals surface area contributed by atoms with Crippen LogP contribution in [0.2, 0.25) is 0 Å². The normalized spacial score (nSPS) is 11.5. The number of nitrogens with zero attached hydrogens (tertiary/aromatic N) is 3. The second-order valence-corrected chi connectivity index (χ2v) is 8.63. The first-order valence-electron chi connectivity index (χ1n) is 8.46. The molecule has 4 rings (SSSR count). The van der Waals surface area contributed by atoms with E-state index in [2.05, 4.69) is 30.8 Å². The minimum absolute atomic E-state index is 0.124. The fourth-order valence-corrected chi connectivity index (χ4v) is 4.19. The van der Waals surface area contributed by atoms with Crippen LogP contribution in [0.5, 0.6) is 5.75 Å². The summed E-state index contributed by atoms with van der Waals surface area (Å²) in [6, 6.07) is 16.4. The number of fused-ring (bicyclic) bond motifs is 1. The van der Waals surface area contributed by atoms with Gasteiger partial charge in [-0.1, -0.05) is 0 Å². The van der Waals surface area contributed by atoms with E-state index in [1.165, 1.54) is 16.9 Å². The molecule has 0 aliphatic rings. The number of halogens is 1. The molecule has 1 heterocycles. The fraction of sp³-hybridized carbons (Fsp3) is 0.0526. The Balaban J connectivity index is 1.60. The Labute approximate surface area is 175 Å². The van der Waals surface area contributed by atoms with Gasteiger partial charge in [0.05, 0.1) is 22.2 Å². The van der Waals surface area contributed by atoms with Crippen LogP contribution < -0.4 is 15.2 Å². The molecule has 3 aromatic carbocycles. The molecular formula is C19H16BrN5O3S. The van der Waals surface area contributed by atoms with Gasteiger partial charge in [-0.3, -0.25) is 4.72 Å². The van der Waals surface area contributed by atoms with Crippen molar-refractivity contribution >= 4 is 48.4 Å². The number of benzene rings is 3. The summed E-state index contributed by atoms with van der Waals surface area (Å²) in [6.45, 7) is 0. The van der Waals surface area contributed by atoms with Gasteiger partial charge in [0, 0.05) is 11.4 Å². The van der Waals surface area contributed by atoms with E-state index in [4.69, 9.17) is 10.5 Å². The standard InChI is InChI=1S/C19H16BrN5O3S/c1-28-14-6-2-12(3-7-14)24-29(26,27)15-8-4-13(5-9-15)25-22-17-11-10-16(21)18(20)19(17)23-25/h2-11,24H,21H2,1H3. The van der Waals surface area contributed by atoms with Crippen molar-refractivity contribution in [3.63, 3.8) is 0 Å². The highest BCUT2D eigenvalue weighted by atomic mass is 79.9. The van der Waals surface area contributed by atoms with Crippen molar-refractivity contribution in [1.82, 2.24) is 15.0 Å². The number of anilines is 2. The minimum atomic E-state index is -3.73. The number of ether oxygens (including phenoxy) is 1. The Morgan fingerprint density at radius 2 is 1.69 bits per heavy atom. The molecule has 0 atom stereocenters. The summed E-state index contributed by atoms with van der Waals surface area (Å²) in [5, 5.41) is 8.82. The van der Waals surface area contributed by atoms with E-state index in [0.717, 1.165) is 0 Å². The summed E-state index contributed by atoms with van der Waals surface area (Å²) in [7, 11) is -2.19. The van der Waals surface area contributed by atoms with Crippen LogP contribution in [0.1, 0.15) is 0 Å². The summed E-state index contributed by atoms with van der Waals surface area (Å²) in [4.78, 5) is 1.56. The lowest BCUT2D eigenvalue weighted by Gasteiger charge is -2.09. The summed E-state index contributed by atoms with van der Waals surface area (Å²) >= 11 is 3.41. The first-order chi connectivity index (χ1) is 13.9. The molecule has 0 fully saturated rings. The Morgan fingerprint density at radius 3 is 2.34 bits per heavy atom. The molecule has 0 unspecified atom stereocenters. The topological polar surface area (TPSA) is 112 Å². The van der Waals surface area contributed by atoms with Gasteiger partial charge in [0.15, 0.2) is 0 Å². The Bertz CT molecular complexity index is 1290. The third-order valence-corrected chi connectivity index (χ3v) is 6.47. The highest BCUT2D eigenvalue weighted by molar-refractivity contribution is 9.10. The highest BCUT2D eigenvalue weighted by Crippen LogP contribution is 2.28. The van der Waals surface area contributed by atoms with Crippen molar-refractivity contribution in [3.05, 3.63) is 65.1 Å². The van der Waals surface area contributed by atoms with E-state index in [9.17, 15) is 8.42 Å². The lowest BCUT2D eigenvalue weighted by Crippen LogP contribution is -2.13. The monoisotopic (exact) mass is 473 g/mol. The third-order valence-electron chi connectivity index (χ3n) is 4.24. The van der Waals surface area contributed by atoms with E-state index >= 15 is 0 Å². The first kappa shape index (κ1) is 19.2. The SMILES string of the molecule is COc1ccc(NS(=O)(=O)c2ccc(-n3nc4ccc(N)c(Br)c4n3)cc2)cc1. The quantitative estimate of drug-likeness (QED) is 0.428. The van der Waals surface area contributed by atoms with Gasteiger partial charge < -0.3 is 10.5 Å². The predicted molar refractivity (Wildman–Crippen MR) is 115 cm³/mol. The number of nitrogen functional groups attached to an aromatic ring is 1. The van der Waals surface area contributed by atoms with Crippen LogP contribution in [0, 0.1) is 0 Å². The average molecular weight is 474 g/mol. The summed E-state index contributed by atoms with van der Waals surface area (Å²) in [5.74, 6) is 0.643. The van der Waals surface area contributed by atoms with Gasteiger partial charge in [-0.25, -0.2) is 8.42 Å². The van der Waals surface area contributed by atoms with Gasteiger partial charge in [-0.05, 0) is 76.6 Å². The molecular weight excluding hydrogens is 458 g/mol. The van der Waals surface area contributed by atoms with E-state index in [1.54, 1.807) is 55.6 Å². The zero-order valence-corrected chi connectivity index (χ0v) is 17.6. The maximum Gasteiger partial charge on any atom is 0.261 e. The van der Waals surface area contributed by atoms with Crippen LogP contribution >= 0.6 is 15.9 Å². The molecule has 148 valence electrons. The molecule has 29 heavy (non-hydrogen) atoms. The van der Waals surface area contributed by atoms with Crippen molar-refractivity contribution in [1.29, 1.82) is 0 Å². The summed E-state index contributed by atoms with van der Waals surface area (Å²) < 4.78 is 33.5. The van der Waals surface area contributed by atoms with Crippen LogP contribution in [0.4, 0.5) is 11.4 Å². The van der Waals surface area contributed by atoms with Crippen molar-refractivity contribution in [3.8, 4) is 11.4 Å². The minimum Gasteiger partial charge on any atom is -0.497 e. The zero-order chi connectivity index (χ0) is 20.6. The number of nitrogens with two attached hydrogens (primary N) is 1. The van der Waals surface area contributed by atoms with Crippen LogP contribution in [0.3, 0.4) is 0 Å². The van der Waals surface area contributed by atoms with Crippen LogP contribution in [-0.2, 0) is 10.0 Å². The number of hydrogen-bond donors (Lipinski definition) is 2. The lowest BCUT2D eigenvalue weighted by molar-refractivity contribution is 0.415. The zero-order valence-electron chi connectivity index (χ0n) is 15.2. The molecule has 0 aliphatic carbocycles. The fourth-order valence-electron chi connectivity index (χ4n) is 2.71. The smallest absolute Gasteiger partial charge is 0.261 e. The van der Waals surface area contributed by atoms with E-state index < -0.39 is 10.0 Å². The molecule has 0 aliphatic heterocycles. The van der Waals surface area contributed by atoms with Crippen molar-refractivity contribution in [2.75, 3.05) is 17.6 Å². The third kappa shape index (κ3) is 3.76. The van der Waals surface area contributed by atoms with Gasteiger partial charge in [0.25, 0.3) is 10.0 Å². The number of hydrogen-bond acceptors (Lipinski definition) is 6. The molecule has 4 aromatic rings. The maximum absolute atomic E-state index is 12.6. The van der Waals surface area contributed by atoms with Crippen molar-refractivity contribution in [2.45, 2.75) is 4.90 Å². The van der Waals surface area contributed by atoms with E-state index in [0.29, 0.717) is 38.3 Å². The number of nitrogens with one attached hydrogen (secondary N) is 1. The van der Waals surface area contributed by atoms with Crippen LogP contribution in [-0.4, -0.2) is 30.5 Å². The second-order valence-electron chi connectivity index (χ2n) is 6.15. The second kappa shape index (κ2) is 7.37. The maximum atomic E-state index is 12.6. The highest BCUT2D eigenvalue weighted by Gasteiger charge is 2.15. The van der Waals surface area contributed by atoms with Crippen molar-refractivity contribution in [2.24, 2.45) is 0 Å². The Kier molecular flexibility index (Phi) is 4.89. The molecule has 1 aromatic heterocycles. The van der Waals surface area contributed by atoms with Gasteiger partial charge in [-0.2, -0.15) is 4.80 Å².